The number of nitrogens with zero attached hydrogens (tertiary/aromatic N) is 2. The Morgan fingerprint density at radius 1 is 0.966 bits per heavy atom. The van der Waals surface area contributed by atoms with Gasteiger partial charge in [-0.25, -0.2) is 9.97 Å². The van der Waals surface area contributed by atoms with Crippen LogP contribution in [0.15, 0.2) is 83.7 Å². The maximum absolute atomic E-state index is 10.7. The number of ether oxygens (including phenoxy) is 1. The van der Waals surface area contributed by atoms with Gasteiger partial charge in [0.15, 0.2) is 0 Å². The average Bonchev–Trinajstić information content (AvgIpc) is 2.74. The number of hydrogen-bond donors (Lipinski definition) is 1. The number of halogens is 1. The van der Waals surface area contributed by atoms with Crippen molar-refractivity contribution in [1.82, 2.24) is 9.97 Å². The lowest BCUT2D eigenvalue weighted by molar-refractivity contribution is 0.303. The minimum absolute atomic E-state index is 0.115. The molecule has 0 amide bonds. The summed E-state index contributed by atoms with van der Waals surface area (Å²) in [6, 6.07) is 21.3. The van der Waals surface area contributed by atoms with E-state index in [4.69, 9.17) is 4.74 Å². The van der Waals surface area contributed by atoms with Crippen LogP contribution in [0.5, 0.6) is 11.5 Å². The molecule has 144 valence electrons. The molecule has 0 fully saturated rings. The molecule has 0 unspecified atom stereocenters. The van der Waals surface area contributed by atoms with E-state index < -0.39 is 0 Å². The SMILES string of the molecule is Cc1ccccc1COc1ccc(-c2ncncc2-c2ccc(Br)cc2)c(O)c1. The van der Waals surface area contributed by atoms with Gasteiger partial charge in [0.1, 0.15) is 24.4 Å². The third-order valence-electron chi connectivity index (χ3n) is 4.75. The van der Waals surface area contributed by atoms with E-state index in [9.17, 15) is 5.11 Å². The molecule has 0 aliphatic rings. The maximum atomic E-state index is 10.7. The summed E-state index contributed by atoms with van der Waals surface area (Å²) in [5, 5.41) is 10.7. The van der Waals surface area contributed by atoms with Gasteiger partial charge in [-0.05, 0) is 47.9 Å². The molecule has 29 heavy (non-hydrogen) atoms. The predicted molar refractivity (Wildman–Crippen MR) is 118 cm³/mol. The zero-order valence-corrected chi connectivity index (χ0v) is 17.4. The third-order valence-corrected chi connectivity index (χ3v) is 5.28. The zero-order valence-electron chi connectivity index (χ0n) is 15.8. The normalized spacial score (nSPS) is 10.7. The van der Waals surface area contributed by atoms with Gasteiger partial charge in [-0.2, -0.15) is 0 Å². The van der Waals surface area contributed by atoms with E-state index in [-0.39, 0.29) is 5.75 Å². The molecular formula is C24H19BrN2O2. The summed E-state index contributed by atoms with van der Waals surface area (Å²) < 4.78 is 6.87. The largest absolute Gasteiger partial charge is 0.507 e. The van der Waals surface area contributed by atoms with Crippen molar-refractivity contribution in [3.8, 4) is 33.9 Å². The van der Waals surface area contributed by atoms with Crippen molar-refractivity contribution < 1.29 is 9.84 Å². The fourth-order valence-corrected chi connectivity index (χ4v) is 3.38. The monoisotopic (exact) mass is 446 g/mol. The van der Waals surface area contributed by atoms with Gasteiger partial charge < -0.3 is 9.84 Å². The van der Waals surface area contributed by atoms with Crippen molar-refractivity contribution in [2.24, 2.45) is 0 Å². The van der Waals surface area contributed by atoms with E-state index in [1.807, 2.05) is 54.6 Å². The molecule has 0 saturated carbocycles. The van der Waals surface area contributed by atoms with Crippen LogP contribution in [0.4, 0.5) is 0 Å². The van der Waals surface area contributed by atoms with E-state index in [1.54, 1.807) is 12.3 Å². The topological polar surface area (TPSA) is 55.2 Å². The molecule has 0 aliphatic carbocycles. The van der Waals surface area contributed by atoms with E-state index in [0.717, 1.165) is 21.2 Å². The summed E-state index contributed by atoms with van der Waals surface area (Å²) in [6.07, 6.45) is 3.24. The second kappa shape index (κ2) is 8.45. The summed E-state index contributed by atoms with van der Waals surface area (Å²) in [4.78, 5) is 8.58. The molecule has 1 heterocycles. The summed E-state index contributed by atoms with van der Waals surface area (Å²) in [7, 11) is 0. The standard InChI is InChI=1S/C24H19BrN2O2/c1-16-4-2-3-5-18(16)14-29-20-10-11-21(23(28)12-20)24-22(13-26-15-27-24)17-6-8-19(25)9-7-17/h2-13,15,28H,14H2,1H3. The molecule has 0 atom stereocenters. The molecule has 0 spiro atoms. The lowest BCUT2D eigenvalue weighted by atomic mass is 10.0. The fraction of sp³-hybridized carbons (Fsp3) is 0.0833. The van der Waals surface area contributed by atoms with E-state index in [2.05, 4.69) is 38.9 Å². The van der Waals surface area contributed by atoms with E-state index in [1.165, 1.54) is 11.9 Å². The Hall–Kier alpha value is -3.18. The summed E-state index contributed by atoms with van der Waals surface area (Å²) in [5.41, 5.74) is 5.42. The van der Waals surface area contributed by atoms with Crippen LogP contribution in [0.1, 0.15) is 11.1 Å². The molecule has 0 aliphatic heterocycles. The highest BCUT2D eigenvalue weighted by Crippen LogP contribution is 2.37. The van der Waals surface area contributed by atoms with Gasteiger partial charge in [-0.15, -0.1) is 0 Å². The number of aromatic hydroxyl groups is 1. The number of phenolic OH excluding ortho intramolecular Hbond substituents is 1. The number of rotatable bonds is 5. The highest BCUT2D eigenvalue weighted by atomic mass is 79.9. The first-order valence-corrected chi connectivity index (χ1v) is 9.98. The van der Waals surface area contributed by atoms with Crippen LogP contribution in [0, 0.1) is 6.92 Å². The lowest BCUT2D eigenvalue weighted by Gasteiger charge is -2.12. The highest BCUT2D eigenvalue weighted by Gasteiger charge is 2.14. The van der Waals surface area contributed by atoms with Gasteiger partial charge in [0, 0.05) is 27.9 Å². The minimum atomic E-state index is 0.115. The van der Waals surface area contributed by atoms with Gasteiger partial charge in [0.05, 0.1) is 5.69 Å². The van der Waals surface area contributed by atoms with Crippen LogP contribution in [-0.2, 0) is 6.61 Å². The second-order valence-corrected chi connectivity index (χ2v) is 7.60. The summed E-state index contributed by atoms with van der Waals surface area (Å²) >= 11 is 3.45. The first kappa shape index (κ1) is 19.2. The Labute approximate surface area is 178 Å². The van der Waals surface area contributed by atoms with Crippen molar-refractivity contribution in [1.29, 1.82) is 0 Å². The molecule has 0 radical (unpaired) electrons. The lowest BCUT2D eigenvalue weighted by Crippen LogP contribution is -1.98. The summed E-state index contributed by atoms with van der Waals surface area (Å²) in [6.45, 7) is 2.50. The van der Waals surface area contributed by atoms with Crippen molar-refractivity contribution in [3.05, 3.63) is 94.9 Å². The minimum Gasteiger partial charge on any atom is -0.507 e. The van der Waals surface area contributed by atoms with Crippen molar-refractivity contribution in [2.45, 2.75) is 13.5 Å². The smallest absolute Gasteiger partial charge is 0.128 e. The Morgan fingerprint density at radius 3 is 2.52 bits per heavy atom. The Morgan fingerprint density at radius 2 is 1.76 bits per heavy atom. The molecule has 4 aromatic rings. The van der Waals surface area contributed by atoms with Gasteiger partial charge in [-0.1, -0.05) is 52.3 Å². The highest BCUT2D eigenvalue weighted by molar-refractivity contribution is 9.10. The van der Waals surface area contributed by atoms with E-state index >= 15 is 0 Å². The van der Waals surface area contributed by atoms with Crippen molar-refractivity contribution in [2.75, 3.05) is 0 Å². The van der Waals surface area contributed by atoms with Gasteiger partial charge in [-0.3, -0.25) is 0 Å². The van der Waals surface area contributed by atoms with Gasteiger partial charge in [0.25, 0.3) is 0 Å². The van der Waals surface area contributed by atoms with Crippen molar-refractivity contribution in [3.63, 3.8) is 0 Å². The maximum Gasteiger partial charge on any atom is 0.128 e. The number of aryl methyl sites for hydroxylation is 1. The van der Waals surface area contributed by atoms with E-state index in [0.29, 0.717) is 23.6 Å². The van der Waals surface area contributed by atoms with Gasteiger partial charge in [0.2, 0.25) is 0 Å². The Bertz CT molecular complexity index is 1140. The first-order valence-electron chi connectivity index (χ1n) is 9.18. The average molecular weight is 447 g/mol. The number of hydrogen-bond acceptors (Lipinski definition) is 4. The van der Waals surface area contributed by atoms with Crippen LogP contribution >= 0.6 is 15.9 Å². The predicted octanol–water partition coefficient (Wildman–Crippen LogP) is 6.17. The number of aromatic nitrogens is 2. The molecule has 3 aromatic carbocycles. The second-order valence-electron chi connectivity index (χ2n) is 6.69. The van der Waals surface area contributed by atoms with Crippen LogP contribution in [-0.4, -0.2) is 15.1 Å². The molecule has 5 heteroatoms. The van der Waals surface area contributed by atoms with Crippen molar-refractivity contribution >= 4 is 15.9 Å². The molecule has 4 rings (SSSR count). The molecule has 0 saturated heterocycles. The van der Waals surface area contributed by atoms with Crippen LogP contribution in [0.25, 0.3) is 22.4 Å². The Kier molecular flexibility index (Phi) is 5.58. The van der Waals surface area contributed by atoms with Crippen LogP contribution in [0.3, 0.4) is 0 Å². The summed E-state index contributed by atoms with van der Waals surface area (Å²) in [5.74, 6) is 0.720. The van der Waals surface area contributed by atoms with Crippen LogP contribution in [0.2, 0.25) is 0 Å². The molecule has 1 aromatic heterocycles. The molecular weight excluding hydrogens is 428 g/mol. The molecule has 0 bridgehead atoms. The Balaban J connectivity index is 1.62. The zero-order chi connectivity index (χ0) is 20.2. The quantitative estimate of drug-likeness (QED) is 0.398. The first-order chi connectivity index (χ1) is 14.1. The number of benzene rings is 3. The molecule has 4 nitrogen and oxygen atoms in total. The third kappa shape index (κ3) is 4.30. The van der Waals surface area contributed by atoms with Gasteiger partial charge >= 0.3 is 0 Å². The fourth-order valence-electron chi connectivity index (χ4n) is 3.12. The number of phenols is 1. The van der Waals surface area contributed by atoms with Crippen LogP contribution < -0.4 is 4.74 Å². The molecule has 1 N–H and O–H groups in total.